The predicted octanol–water partition coefficient (Wildman–Crippen LogP) is 2.38. The second-order valence-electron chi connectivity index (χ2n) is 5.67. The third-order valence-corrected chi connectivity index (χ3v) is 4.01. The Kier molecular flexibility index (Phi) is 4.73. The Labute approximate surface area is 134 Å². The van der Waals surface area contributed by atoms with Crippen LogP contribution < -0.4 is 4.74 Å². The molecule has 1 aliphatic rings. The number of hydrogen-bond donors (Lipinski definition) is 1. The number of aryl methyl sites for hydroxylation is 1. The third kappa shape index (κ3) is 3.29. The predicted molar refractivity (Wildman–Crippen MR) is 74.0 cm³/mol. The van der Waals surface area contributed by atoms with Crippen LogP contribution in [0.1, 0.15) is 12.0 Å². The van der Waals surface area contributed by atoms with Gasteiger partial charge in [0.1, 0.15) is 0 Å². The summed E-state index contributed by atoms with van der Waals surface area (Å²) in [6, 6.07) is 3.99. The average molecular weight is 349 g/mol. The molecule has 1 saturated heterocycles. The minimum absolute atomic E-state index is 0.192. The molecule has 1 atom stereocenters. The maximum atomic E-state index is 13.5. The van der Waals surface area contributed by atoms with Gasteiger partial charge in [-0.15, -0.1) is 0 Å². The number of likely N-dealkylation sites (tertiary alicyclic amines) is 1. The zero-order valence-corrected chi connectivity index (χ0v) is 12.7. The van der Waals surface area contributed by atoms with Crippen molar-refractivity contribution in [1.82, 2.24) is 4.90 Å². The summed E-state index contributed by atoms with van der Waals surface area (Å²) in [7, 11) is 0. The van der Waals surface area contributed by atoms with Crippen LogP contribution in [0.15, 0.2) is 18.2 Å². The summed E-state index contributed by atoms with van der Waals surface area (Å²) in [5.74, 6) is -3.74. The summed E-state index contributed by atoms with van der Waals surface area (Å²) in [6.45, 7) is -0.332. The van der Waals surface area contributed by atoms with Crippen LogP contribution in [0.25, 0.3) is 0 Å². The number of alkyl halides is 3. The summed E-state index contributed by atoms with van der Waals surface area (Å²) >= 11 is 0. The number of aliphatic carboxylic acids is 1. The Hall–Kier alpha value is -2.32. The number of amides is 1. The first-order valence-electron chi connectivity index (χ1n) is 7.04. The molecular weight excluding hydrogens is 334 g/mol. The van der Waals surface area contributed by atoms with Gasteiger partial charge in [0.25, 0.3) is 5.91 Å². The molecule has 5 nitrogen and oxygen atoms in total. The lowest BCUT2D eigenvalue weighted by atomic mass is 9.86. The van der Waals surface area contributed by atoms with Crippen molar-refractivity contribution in [3.63, 3.8) is 0 Å². The van der Waals surface area contributed by atoms with Gasteiger partial charge in [0.15, 0.2) is 23.6 Å². The van der Waals surface area contributed by atoms with Crippen LogP contribution >= 0.6 is 0 Å². The molecular formula is C15H15F4NO4. The molecule has 24 heavy (non-hydrogen) atoms. The topological polar surface area (TPSA) is 66.8 Å². The minimum Gasteiger partial charge on any atom is -0.481 e. The van der Waals surface area contributed by atoms with E-state index in [-0.39, 0.29) is 12.3 Å². The molecule has 1 aromatic carbocycles. The number of carbonyl (C=O) groups is 2. The van der Waals surface area contributed by atoms with Crippen molar-refractivity contribution in [2.45, 2.75) is 19.5 Å². The lowest BCUT2D eigenvalue weighted by molar-refractivity contribution is -0.227. The Morgan fingerprint density at radius 3 is 2.58 bits per heavy atom. The minimum atomic E-state index is -4.97. The maximum absolute atomic E-state index is 13.5. The fourth-order valence-corrected chi connectivity index (χ4v) is 2.50. The number of carboxylic acids is 1. The van der Waals surface area contributed by atoms with E-state index in [2.05, 4.69) is 0 Å². The van der Waals surface area contributed by atoms with Crippen molar-refractivity contribution in [2.75, 3.05) is 19.7 Å². The Morgan fingerprint density at radius 2 is 2.04 bits per heavy atom. The van der Waals surface area contributed by atoms with Gasteiger partial charge < -0.3 is 14.7 Å². The van der Waals surface area contributed by atoms with Crippen LogP contribution in [-0.4, -0.2) is 47.8 Å². The zero-order chi connectivity index (χ0) is 18.1. The highest BCUT2D eigenvalue weighted by molar-refractivity contribution is 5.82. The van der Waals surface area contributed by atoms with Gasteiger partial charge in [-0.2, -0.15) is 13.2 Å². The van der Waals surface area contributed by atoms with Crippen molar-refractivity contribution in [3.8, 4) is 5.75 Å². The first-order chi connectivity index (χ1) is 11.1. The monoisotopic (exact) mass is 349 g/mol. The second kappa shape index (κ2) is 6.29. The summed E-state index contributed by atoms with van der Waals surface area (Å²) in [5.41, 5.74) is -2.29. The lowest BCUT2D eigenvalue weighted by Gasteiger charge is -2.27. The fraction of sp³-hybridized carbons (Fsp3) is 0.467. The van der Waals surface area contributed by atoms with Crippen LogP contribution in [0.2, 0.25) is 0 Å². The lowest BCUT2D eigenvalue weighted by Crippen LogP contribution is -2.48. The third-order valence-electron chi connectivity index (χ3n) is 4.01. The van der Waals surface area contributed by atoms with Gasteiger partial charge in [0.2, 0.25) is 0 Å². The van der Waals surface area contributed by atoms with Crippen molar-refractivity contribution in [1.29, 1.82) is 0 Å². The van der Waals surface area contributed by atoms with Gasteiger partial charge in [-0.05, 0) is 31.0 Å². The van der Waals surface area contributed by atoms with E-state index in [1.165, 1.54) is 12.1 Å². The molecule has 1 amide bonds. The molecule has 0 bridgehead atoms. The number of carbonyl (C=O) groups excluding carboxylic acids is 1. The molecule has 1 fully saturated rings. The van der Waals surface area contributed by atoms with Gasteiger partial charge in [0, 0.05) is 13.1 Å². The largest absolute Gasteiger partial charge is 0.481 e. The molecule has 1 aliphatic heterocycles. The smallest absolute Gasteiger partial charge is 0.406 e. The van der Waals surface area contributed by atoms with Crippen molar-refractivity contribution in [2.24, 2.45) is 5.41 Å². The summed E-state index contributed by atoms with van der Waals surface area (Å²) in [4.78, 5) is 23.8. The number of benzene rings is 1. The molecule has 0 aromatic heterocycles. The molecule has 0 spiro atoms. The van der Waals surface area contributed by atoms with E-state index in [0.717, 1.165) is 11.0 Å². The fourth-order valence-electron chi connectivity index (χ4n) is 2.50. The SMILES string of the molecule is Cc1ccc(F)c(OCC(=O)N2CCC(C(=O)O)(C(F)(F)F)C2)c1. The molecule has 132 valence electrons. The van der Waals surface area contributed by atoms with Gasteiger partial charge >= 0.3 is 12.1 Å². The first kappa shape index (κ1) is 18.0. The highest BCUT2D eigenvalue weighted by Crippen LogP contribution is 2.45. The maximum Gasteiger partial charge on any atom is 0.406 e. The number of carboxylic acid groups (broad SMARTS) is 1. The molecule has 9 heteroatoms. The summed E-state index contributed by atoms with van der Waals surface area (Å²) in [5, 5.41) is 8.93. The quantitative estimate of drug-likeness (QED) is 0.848. The van der Waals surface area contributed by atoms with Gasteiger partial charge in [-0.25, -0.2) is 4.39 Å². The Morgan fingerprint density at radius 1 is 1.38 bits per heavy atom. The van der Waals surface area contributed by atoms with Crippen molar-refractivity contribution < 1.29 is 37.0 Å². The summed E-state index contributed by atoms with van der Waals surface area (Å²) in [6.07, 6.45) is -5.70. The van der Waals surface area contributed by atoms with Gasteiger partial charge in [-0.1, -0.05) is 6.07 Å². The number of rotatable bonds is 4. The number of hydrogen-bond acceptors (Lipinski definition) is 3. The van der Waals surface area contributed by atoms with E-state index in [4.69, 9.17) is 9.84 Å². The van der Waals surface area contributed by atoms with Crippen LogP contribution in [0.4, 0.5) is 17.6 Å². The molecule has 1 aromatic rings. The number of nitrogens with zero attached hydrogens (tertiary/aromatic N) is 1. The van der Waals surface area contributed by atoms with E-state index in [1.807, 2.05) is 0 Å². The molecule has 1 unspecified atom stereocenters. The van der Waals surface area contributed by atoms with Crippen molar-refractivity contribution in [3.05, 3.63) is 29.6 Å². The van der Waals surface area contributed by atoms with E-state index in [0.29, 0.717) is 5.56 Å². The van der Waals surface area contributed by atoms with Crippen LogP contribution in [0.5, 0.6) is 5.75 Å². The second-order valence-corrected chi connectivity index (χ2v) is 5.67. The van der Waals surface area contributed by atoms with Crippen LogP contribution in [0.3, 0.4) is 0 Å². The number of halogens is 4. The van der Waals surface area contributed by atoms with E-state index < -0.39 is 48.9 Å². The Bertz CT molecular complexity index is 661. The van der Waals surface area contributed by atoms with Crippen molar-refractivity contribution >= 4 is 11.9 Å². The highest BCUT2D eigenvalue weighted by Gasteiger charge is 2.64. The normalized spacial score (nSPS) is 21.0. The Balaban J connectivity index is 2.04. The molecule has 0 aliphatic carbocycles. The van der Waals surface area contributed by atoms with E-state index >= 15 is 0 Å². The molecule has 1 heterocycles. The van der Waals surface area contributed by atoms with Crippen LogP contribution in [0, 0.1) is 18.2 Å². The molecule has 0 radical (unpaired) electrons. The zero-order valence-electron chi connectivity index (χ0n) is 12.7. The van der Waals surface area contributed by atoms with Gasteiger partial charge in [0.05, 0.1) is 0 Å². The van der Waals surface area contributed by atoms with E-state index in [9.17, 15) is 27.2 Å². The standard InChI is InChI=1S/C15H15F4NO4/c1-9-2-3-10(16)11(6-9)24-7-12(21)20-5-4-14(8-20,13(22)23)15(17,18)19/h2-3,6H,4-5,7-8H2,1H3,(H,22,23). The number of ether oxygens (including phenoxy) is 1. The molecule has 1 N–H and O–H groups in total. The highest BCUT2D eigenvalue weighted by atomic mass is 19.4. The van der Waals surface area contributed by atoms with Crippen LogP contribution in [-0.2, 0) is 9.59 Å². The molecule has 0 saturated carbocycles. The first-order valence-corrected chi connectivity index (χ1v) is 7.04. The van der Waals surface area contributed by atoms with E-state index in [1.54, 1.807) is 6.92 Å². The van der Waals surface area contributed by atoms with Gasteiger partial charge in [-0.3, -0.25) is 9.59 Å². The molecule has 2 rings (SSSR count). The summed E-state index contributed by atoms with van der Waals surface area (Å²) < 4.78 is 57.7. The average Bonchev–Trinajstić information content (AvgIpc) is 2.94.